The number of nitrogens with zero attached hydrogens (tertiary/aromatic N) is 1. The van der Waals surface area contributed by atoms with Crippen LogP contribution in [0.1, 0.15) is 16.1 Å². The first-order chi connectivity index (χ1) is 13.6. The van der Waals surface area contributed by atoms with E-state index in [1.165, 1.54) is 25.3 Å². The van der Waals surface area contributed by atoms with Gasteiger partial charge in [0, 0.05) is 22.5 Å². The number of aromatic nitrogens is 2. The quantitative estimate of drug-likeness (QED) is 0.403. The van der Waals surface area contributed by atoms with Crippen LogP contribution in [0.4, 0.5) is 4.39 Å². The number of methoxy groups -OCH3 is 2. The van der Waals surface area contributed by atoms with Crippen molar-refractivity contribution in [2.45, 2.75) is 0 Å². The molecule has 140 valence electrons. The number of fused-ring (bicyclic) bond motifs is 3. The van der Waals surface area contributed by atoms with Gasteiger partial charge in [0.25, 0.3) is 0 Å². The lowest BCUT2D eigenvalue weighted by Crippen LogP contribution is -1.99. The molecule has 0 fully saturated rings. The Morgan fingerprint density at radius 3 is 2.71 bits per heavy atom. The molecule has 0 spiro atoms. The summed E-state index contributed by atoms with van der Waals surface area (Å²) in [6.07, 6.45) is 4.63. The van der Waals surface area contributed by atoms with Gasteiger partial charge in [0.15, 0.2) is 11.6 Å². The number of benzene rings is 2. The summed E-state index contributed by atoms with van der Waals surface area (Å²) in [5.74, 6) is 0.154. The molecule has 2 heterocycles. The first-order valence-electron chi connectivity index (χ1n) is 8.61. The Morgan fingerprint density at radius 2 is 1.93 bits per heavy atom. The van der Waals surface area contributed by atoms with E-state index < -0.39 is 5.82 Å². The fraction of sp³-hybridized carbons (Fsp3) is 0.0909. The molecule has 0 bridgehead atoms. The van der Waals surface area contributed by atoms with Crippen LogP contribution in [0.25, 0.3) is 27.9 Å². The number of pyridine rings is 1. The van der Waals surface area contributed by atoms with Crippen molar-refractivity contribution in [3.8, 4) is 11.5 Å². The third kappa shape index (κ3) is 3.09. The van der Waals surface area contributed by atoms with Crippen molar-refractivity contribution in [2.24, 2.45) is 0 Å². The van der Waals surface area contributed by atoms with E-state index in [0.29, 0.717) is 16.8 Å². The second-order valence-electron chi connectivity index (χ2n) is 6.21. The number of nitrogens with one attached hydrogen (secondary N) is 1. The second-order valence-corrected chi connectivity index (χ2v) is 6.21. The van der Waals surface area contributed by atoms with Gasteiger partial charge in [0.2, 0.25) is 5.78 Å². The van der Waals surface area contributed by atoms with Crippen LogP contribution in [-0.4, -0.2) is 30.0 Å². The van der Waals surface area contributed by atoms with Crippen molar-refractivity contribution >= 4 is 33.7 Å². The maximum absolute atomic E-state index is 13.5. The largest absolute Gasteiger partial charge is 0.497 e. The second kappa shape index (κ2) is 7.15. The van der Waals surface area contributed by atoms with E-state index >= 15 is 0 Å². The standard InChI is InChI=1S/C22H17FN2O3/c1-27-14-5-7-18-16(12-14)15-9-10-24-22(21(15)25-18)19(26)8-4-13-3-6-17(23)20(11-13)28-2/h3-12,25H,1-2H3/b8-4+. The van der Waals surface area contributed by atoms with Gasteiger partial charge in [0.1, 0.15) is 11.4 Å². The van der Waals surface area contributed by atoms with Gasteiger partial charge in [-0.05, 0) is 48.0 Å². The average Bonchev–Trinajstić information content (AvgIpc) is 3.10. The Labute approximate surface area is 160 Å². The number of allylic oxidation sites excluding steroid dienone is 1. The lowest BCUT2D eigenvalue weighted by molar-refractivity contribution is 0.104. The lowest BCUT2D eigenvalue weighted by atomic mass is 10.1. The molecule has 28 heavy (non-hydrogen) atoms. The first kappa shape index (κ1) is 17.7. The number of carbonyl (C=O) groups is 1. The zero-order valence-corrected chi connectivity index (χ0v) is 15.3. The highest BCUT2D eigenvalue weighted by Gasteiger charge is 2.14. The highest BCUT2D eigenvalue weighted by atomic mass is 19.1. The van der Waals surface area contributed by atoms with Crippen LogP contribution in [0.5, 0.6) is 11.5 Å². The number of ether oxygens (including phenoxy) is 2. The number of halogens is 1. The minimum absolute atomic E-state index is 0.124. The molecule has 0 atom stereocenters. The molecule has 0 amide bonds. The molecule has 0 radical (unpaired) electrons. The average molecular weight is 376 g/mol. The van der Waals surface area contributed by atoms with Gasteiger partial charge in [0.05, 0.1) is 19.7 Å². The Hall–Kier alpha value is -3.67. The zero-order valence-electron chi connectivity index (χ0n) is 15.3. The minimum Gasteiger partial charge on any atom is -0.497 e. The van der Waals surface area contributed by atoms with Gasteiger partial charge in [-0.1, -0.05) is 12.1 Å². The van der Waals surface area contributed by atoms with Gasteiger partial charge in [-0.3, -0.25) is 9.78 Å². The SMILES string of the molecule is COc1ccc2[nH]c3c(C(=O)/C=C/c4ccc(F)c(OC)c4)nccc3c2c1. The number of hydrogen-bond donors (Lipinski definition) is 1. The number of H-pyrrole nitrogens is 1. The van der Waals surface area contributed by atoms with Crippen molar-refractivity contribution in [3.63, 3.8) is 0 Å². The summed E-state index contributed by atoms with van der Waals surface area (Å²) in [6.45, 7) is 0. The summed E-state index contributed by atoms with van der Waals surface area (Å²) < 4.78 is 23.8. The van der Waals surface area contributed by atoms with Crippen LogP contribution in [0, 0.1) is 5.82 Å². The van der Waals surface area contributed by atoms with E-state index in [1.807, 2.05) is 24.3 Å². The fourth-order valence-electron chi connectivity index (χ4n) is 3.15. The first-order valence-corrected chi connectivity index (χ1v) is 8.61. The molecule has 0 saturated heterocycles. The number of carbonyl (C=O) groups excluding carboxylic acids is 1. The summed E-state index contributed by atoms with van der Waals surface area (Å²) in [4.78, 5) is 20.3. The number of rotatable bonds is 5. The van der Waals surface area contributed by atoms with Crippen molar-refractivity contribution in [1.82, 2.24) is 9.97 Å². The molecule has 5 nitrogen and oxygen atoms in total. The summed E-state index contributed by atoms with van der Waals surface area (Å²) in [5.41, 5.74) is 2.53. The van der Waals surface area contributed by atoms with Gasteiger partial charge in [-0.25, -0.2) is 4.39 Å². The molecule has 4 rings (SSSR count). The zero-order chi connectivity index (χ0) is 19.7. The predicted molar refractivity (Wildman–Crippen MR) is 106 cm³/mol. The molecule has 0 aliphatic heterocycles. The molecule has 0 saturated carbocycles. The Bertz CT molecular complexity index is 1230. The summed E-state index contributed by atoms with van der Waals surface area (Å²) in [6, 6.07) is 11.9. The molecular formula is C22H17FN2O3. The fourth-order valence-corrected chi connectivity index (χ4v) is 3.15. The van der Waals surface area contributed by atoms with E-state index in [2.05, 4.69) is 9.97 Å². The maximum Gasteiger partial charge on any atom is 0.206 e. The number of ketones is 1. The van der Waals surface area contributed by atoms with Crippen LogP contribution >= 0.6 is 0 Å². The maximum atomic E-state index is 13.5. The van der Waals surface area contributed by atoms with E-state index in [-0.39, 0.29) is 11.5 Å². The Kier molecular flexibility index (Phi) is 4.53. The normalized spacial score (nSPS) is 11.4. The van der Waals surface area contributed by atoms with Gasteiger partial charge in [-0.15, -0.1) is 0 Å². The molecular weight excluding hydrogens is 359 g/mol. The van der Waals surface area contributed by atoms with E-state index in [1.54, 1.807) is 25.4 Å². The third-order valence-corrected chi connectivity index (χ3v) is 4.56. The van der Waals surface area contributed by atoms with Gasteiger partial charge in [-0.2, -0.15) is 0 Å². The number of hydrogen-bond acceptors (Lipinski definition) is 4. The molecule has 6 heteroatoms. The van der Waals surface area contributed by atoms with E-state index in [0.717, 1.165) is 22.0 Å². The summed E-state index contributed by atoms with van der Waals surface area (Å²) >= 11 is 0. The van der Waals surface area contributed by atoms with E-state index in [4.69, 9.17) is 9.47 Å². The Morgan fingerprint density at radius 1 is 1.07 bits per heavy atom. The van der Waals surface area contributed by atoms with Crippen LogP contribution in [0.15, 0.2) is 54.7 Å². The van der Waals surface area contributed by atoms with Crippen molar-refractivity contribution in [2.75, 3.05) is 14.2 Å². The summed E-state index contributed by atoms with van der Waals surface area (Å²) in [7, 11) is 3.01. The van der Waals surface area contributed by atoms with E-state index in [9.17, 15) is 9.18 Å². The molecule has 0 unspecified atom stereocenters. The number of aromatic amines is 1. The predicted octanol–water partition coefficient (Wildman–Crippen LogP) is 4.77. The Balaban J connectivity index is 1.73. The topological polar surface area (TPSA) is 64.2 Å². The highest BCUT2D eigenvalue weighted by molar-refractivity contribution is 6.17. The van der Waals surface area contributed by atoms with Crippen LogP contribution in [-0.2, 0) is 0 Å². The molecule has 1 N–H and O–H groups in total. The van der Waals surface area contributed by atoms with Gasteiger partial charge < -0.3 is 14.5 Å². The van der Waals surface area contributed by atoms with Crippen LogP contribution in [0.2, 0.25) is 0 Å². The molecule has 0 aliphatic carbocycles. The third-order valence-electron chi connectivity index (χ3n) is 4.56. The molecule has 0 aliphatic rings. The monoisotopic (exact) mass is 376 g/mol. The lowest BCUT2D eigenvalue weighted by Gasteiger charge is -2.02. The smallest absolute Gasteiger partial charge is 0.206 e. The van der Waals surface area contributed by atoms with Crippen LogP contribution in [0.3, 0.4) is 0 Å². The van der Waals surface area contributed by atoms with Crippen molar-refractivity contribution in [3.05, 3.63) is 71.8 Å². The van der Waals surface area contributed by atoms with Gasteiger partial charge >= 0.3 is 0 Å². The minimum atomic E-state index is -0.453. The molecule has 4 aromatic rings. The van der Waals surface area contributed by atoms with Crippen molar-refractivity contribution < 1.29 is 18.7 Å². The highest BCUT2D eigenvalue weighted by Crippen LogP contribution is 2.30. The molecule has 2 aromatic carbocycles. The summed E-state index contributed by atoms with van der Waals surface area (Å²) in [5, 5.41) is 1.85. The van der Waals surface area contributed by atoms with Crippen molar-refractivity contribution in [1.29, 1.82) is 0 Å². The van der Waals surface area contributed by atoms with Crippen LogP contribution < -0.4 is 9.47 Å². The molecule has 2 aromatic heterocycles.